The normalized spacial score (nSPS) is 14.6. The second-order valence-corrected chi connectivity index (χ2v) is 30.2. The summed E-state index contributed by atoms with van der Waals surface area (Å²) in [5.41, 5.74) is 0. The number of phosphoric acid groups is 2. The van der Waals surface area contributed by atoms with Gasteiger partial charge in [-0.25, -0.2) is 9.13 Å². The zero-order valence-electron chi connectivity index (χ0n) is 58.8. The molecule has 19 heteroatoms. The first-order valence-electron chi connectivity index (χ1n) is 36.7. The van der Waals surface area contributed by atoms with Gasteiger partial charge in [0, 0.05) is 25.7 Å². The van der Waals surface area contributed by atoms with E-state index in [9.17, 15) is 43.2 Å². The van der Waals surface area contributed by atoms with Crippen molar-refractivity contribution < 1.29 is 80.2 Å². The first kappa shape index (κ1) is 88.1. The average Bonchev–Trinajstić information content (AvgIpc) is 3.59. The summed E-state index contributed by atoms with van der Waals surface area (Å²) in [6.45, 7) is 14.1. The molecule has 3 N–H and O–H groups in total. The van der Waals surface area contributed by atoms with E-state index in [1.165, 1.54) is 148 Å². The van der Waals surface area contributed by atoms with Crippen LogP contribution >= 0.6 is 15.6 Å². The molecule has 0 heterocycles. The van der Waals surface area contributed by atoms with E-state index in [1.807, 2.05) is 0 Å². The molecule has 0 aliphatic carbocycles. The van der Waals surface area contributed by atoms with Crippen LogP contribution in [-0.4, -0.2) is 96.7 Å². The molecule has 90 heavy (non-hydrogen) atoms. The number of esters is 4. The van der Waals surface area contributed by atoms with Gasteiger partial charge in [-0.05, 0) is 49.4 Å². The van der Waals surface area contributed by atoms with E-state index in [0.717, 1.165) is 120 Å². The molecule has 3 unspecified atom stereocenters. The molecule has 534 valence electrons. The van der Waals surface area contributed by atoms with Crippen LogP contribution in [0.1, 0.15) is 351 Å². The maximum Gasteiger partial charge on any atom is 0.472 e. The minimum absolute atomic E-state index is 0.104. The van der Waals surface area contributed by atoms with Gasteiger partial charge in [-0.1, -0.05) is 299 Å². The zero-order chi connectivity index (χ0) is 66.8. The maximum absolute atomic E-state index is 13.0. The predicted molar refractivity (Wildman–Crippen MR) is 363 cm³/mol. The van der Waals surface area contributed by atoms with Crippen LogP contribution in [0.15, 0.2) is 0 Å². The highest BCUT2D eigenvalue weighted by molar-refractivity contribution is 7.47. The Morgan fingerprint density at radius 3 is 0.789 bits per heavy atom. The van der Waals surface area contributed by atoms with Crippen LogP contribution in [0.25, 0.3) is 0 Å². The average molecular weight is 1330 g/mol. The number of aliphatic hydroxyl groups is 1. The lowest BCUT2D eigenvalue weighted by Crippen LogP contribution is -2.30. The standard InChI is InChI=1S/C71H138O17P2/c1-9-64(8)50-42-34-29-30-36-44-52-69(74)82-58-67(88-71(76)54-46-38-28-21-15-14-18-24-32-40-48-62(4)5)60-86-90(79,80)84-56-65(72)55-83-89(77,78)85-59-66(57-81-68(73)51-43-35-26-22-16-19-25-33-41-49-63(6)7)87-70(75)53-45-37-27-20-13-11-10-12-17-23-31-39-47-61(2)3/h61-67,72H,9-60H2,1-8H3,(H,77,78)(H,79,80)/t64?,65-,66-,67-/m1/s1. The van der Waals surface area contributed by atoms with Gasteiger partial charge in [-0.3, -0.25) is 37.3 Å². The highest BCUT2D eigenvalue weighted by Crippen LogP contribution is 2.45. The van der Waals surface area contributed by atoms with Gasteiger partial charge in [0.05, 0.1) is 26.4 Å². The fraction of sp³-hybridized carbons (Fsp3) is 0.944. The van der Waals surface area contributed by atoms with Crippen molar-refractivity contribution in [1.29, 1.82) is 0 Å². The van der Waals surface area contributed by atoms with Gasteiger partial charge < -0.3 is 33.8 Å². The van der Waals surface area contributed by atoms with Gasteiger partial charge in [0.2, 0.25) is 0 Å². The number of aliphatic hydroxyl groups excluding tert-OH is 1. The molecule has 0 bridgehead atoms. The van der Waals surface area contributed by atoms with Crippen molar-refractivity contribution in [2.75, 3.05) is 39.6 Å². The Labute approximate surface area is 549 Å². The number of ether oxygens (including phenoxy) is 4. The van der Waals surface area contributed by atoms with Gasteiger partial charge in [0.1, 0.15) is 19.3 Å². The van der Waals surface area contributed by atoms with Crippen molar-refractivity contribution in [3.63, 3.8) is 0 Å². The molecule has 0 saturated carbocycles. The van der Waals surface area contributed by atoms with E-state index in [4.69, 9.17) is 37.0 Å². The number of rotatable bonds is 68. The minimum Gasteiger partial charge on any atom is -0.462 e. The molecule has 0 aromatic carbocycles. The third kappa shape index (κ3) is 63.5. The highest BCUT2D eigenvalue weighted by atomic mass is 31.2. The van der Waals surface area contributed by atoms with Crippen molar-refractivity contribution in [3.05, 3.63) is 0 Å². The Morgan fingerprint density at radius 2 is 0.533 bits per heavy atom. The lowest BCUT2D eigenvalue weighted by Gasteiger charge is -2.21. The van der Waals surface area contributed by atoms with Crippen molar-refractivity contribution in [2.45, 2.75) is 369 Å². The lowest BCUT2D eigenvalue weighted by molar-refractivity contribution is -0.161. The summed E-state index contributed by atoms with van der Waals surface area (Å²) in [6, 6.07) is 0. The SMILES string of the molecule is CCC(C)CCCCCCCCC(=O)OC[C@H](COP(=O)(O)OC[C@H](O)COP(=O)(O)OC[C@@H](COC(=O)CCCCCCCCCCCC(C)C)OC(=O)CCCCCCCCCCCCCCC(C)C)OC(=O)CCCCCCCCCCCCC(C)C. The maximum atomic E-state index is 13.0. The number of hydrogen-bond acceptors (Lipinski definition) is 15. The summed E-state index contributed by atoms with van der Waals surface area (Å²) in [5.74, 6) is 0.875. The monoisotopic (exact) mass is 1320 g/mol. The Kier molecular flexibility index (Phi) is 59.4. The Hall–Kier alpha value is -1.94. The predicted octanol–water partition coefficient (Wildman–Crippen LogP) is 20.1. The van der Waals surface area contributed by atoms with Gasteiger partial charge in [-0.15, -0.1) is 0 Å². The summed E-state index contributed by atoms with van der Waals surface area (Å²) < 4.78 is 68.3. The van der Waals surface area contributed by atoms with Gasteiger partial charge >= 0.3 is 39.5 Å². The molecule has 0 fully saturated rings. The van der Waals surface area contributed by atoms with Crippen LogP contribution in [0.4, 0.5) is 0 Å². The van der Waals surface area contributed by atoms with Crippen LogP contribution < -0.4 is 0 Å². The van der Waals surface area contributed by atoms with Crippen molar-refractivity contribution in [3.8, 4) is 0 Å². The molecule has 0 radical (unpaired) electrons. The Balaban J connectivity index is 5.27. The Bertz CT molecular complexity index is 1780. The third-order valence-corrected chi connectivity index (χ3v) is 18.6. The van der Waals surface area contributed by atoms with Gasteiger partial charge in [-0.2, -0.15) is 0 Å². The first-order chi connectivity index (χ1) is 43.1. The number of phosphoric ester groups is 2. The molecule has 0 spiro atoms. The van der Waals surface area contributed by atoms with Crippen LogP contribution in [0, 0.1) is 23.7 Å². The largest absolute Gasteiger partial charge is 0.472 e. The lowest BCUT2D eigenvalue weighted by atomic mass is 10.00. The quantitative estimate of drug-likeness (QED) is 0.0222. The fourth-order valence-electron chi connectivity index (χ4n) is 10.6. The summed E-state index contributed by atoms with van der Waals surface area (Å²) in [6.07, 6.45) is 43.0. The van der Waals surface area contributed by atoms with E-state index >= 15 is 0 Å². The minimum atomic E-state index is -4.95. The molecule has 0 amide bonds. The number of unbranched alkanes of at least 4 members (excludes halogenated alkanes) is 33. The molecular weight excluding hydrogens is 1190 g/mol. The van der Waals surface area contributed by atoms with Crippen LogP contribution in [0.3, 0.4) is 0 Å². The fourth-order valence-corrected chi connectivity index (χ4v) is 12.2. The van der Waals surface area contributed by atoms with E-state index in [0.29, 0.717) is 25.7 Å². The molecule has 0 rings (SSSR count). The number of carbonyl (C=O) groups is 4. The molecule has 6 atom stereocenters. The van der Waals surface area contributed by atoms with E-state index < -0.39 is 97.5 Å². The second-order valence-electron chi connectivity index (χ2n) is 27.3. The van der Waals surface area contributed by atoms with Crippen LogP contribution in [0.5, 0.6) is 0 Å². The highest BCUT2D eigenvalue weighted by Gasteiger charge is 2.30. The molecular formula is C71H138O17P2. The smallest absolute Gasteiger partial charge is 0.462 e. The number of carbonyl (C=O) groups excluding carboxylic acids is 4. The molecule has 0 aromatic heterocycles. The van der Waals surface area contributed by atoms with Crippen LogP contribution in [0.2, 0.25) is 0 Å². The summed E-state index contributed by atoms with van der Waals surface area (Å²) >= 11 is 0. The zero-order valence-corrected chi connectivity index (χ0v) is 60.6. The summed E-state index contributed by atoms with van der Waals surface area (Å²) in [7, 11) is -9.90. The topological polar surface area (TPSA) is 237 Å². The summed E-state index contributed by atoms with van der Waals surface area (Å²) in [4.78, 5) is 72.6. The first-order valence-corrected chi connectivity index (χ1v) is 39.7. The molecule has 0 saturated heterocycles. The molecule has 0 aliphatic rings. The Morgan fingerprint density at radius 1 is 0.311 bits per heavy atom. The van der Waals surface area contributed by atoms with Crippen molar-refractivity contribution >= 4 is 39.5 Å². The van der Waals surface area contributed by atoms with Crippen molar-refractivity contribution in [1.82, 2.24) is 0 Å². The third-order valence-electron chi connectivity index (χ3n) is 16.7. The summed E-state index contributed by atoms with van der Waals surface area (Å²) in [5, 5.41) is 10.6. The second kappa shape index (κ2) is 60.7. The van der Waals surface area contributed by atoms with Gasteiger partial charge in [0.15, 0.2) is 12.2 Å². The number of hydrogen-bond donors (Lipinski definition) is 3. The van der Waals surface area contributed by atoms with Crippen molar-refractivity contribution in [2.24, 2.45) is 23.7 Å². The molecule has 0 aliphatic heterocycles. The van der Waals surface area contributed by atoms with Gasteiger partial charge in [0.25, 0.3) is 0 Å². The molecule has 17 nitrogen and oxygen atoms in total. The van der Waals surface area contributed by atoms with Crippen LogP contribution in [-0.2, 0) is 65.4 Å². The molecule has 0 aromatic rings. The van der Waals surface area contributed by atoms with E-state index in [1.54, 1.807) is 0 Å². The van der Waals surface area contributed by atoms with E-state index in [-0.39, 0.29) is 25.7 Å². The van der Waals surface area contributed by atoms with E-state index in [2.05, 4.69) is 55.4 Å².